The number of halogens is 2. The van der Waals surface area contributed by atoms with Gasteiger partial charge in [0.2, 0.25) is 10.0 Å². The lowest BCUT2D eigenvalue weighted by Gasteiger charge is -2.08. The van der Waals surface area contributed by atoms with E-state index in [9.17, 15) is 8.42 Å². The fourth-order valence-electron chi connectivity index (χ4n) is 1.78. The van der Waals surface area contributed by atoms with Crippen molar-refractivity contribution >= 4 is 37.6 Å². The Labute approximate surface area is 137 Å². The van der Waals surface area contributed by atoms with Crippen molar-refractivity contribution in [3.63, 3.8) is 0 Å². The summed E-state index contributed by atoms with van der Waals surface area (Å²) < 4.78 is 29.3. The third-order valence-corrected chi connectivity index (χ3v) is 5.38. The van der Waals surface area contributed by atoms with Crippen LogP contribution in [0.5, 0.6) is 0 Å². The molecular formula is C13H15BrClN3O2S. The number of nitrogens with one attached hydrogen (secondary N) is 1. The van der Waals surface area contributed by atoms with Gasteiger partial charge >= 0.3 is 0 Å². The molecule has 21 heavy (non-hydrogen) atoms. The Kier molecular flexibility index (Phi) is 5.43. The van der Waals surface area contributed by atoms with Gasteiger partial charge in [-0.1, -0.05) is 27.5 Å². The molecule has 0 atom stereocenters. The average Bonchev–Trinajstić information content (AvgIpc) is 2.76. The molecule has 1 heterocycles. The molecule has 0 bridgehead atoms. The number of benzene rings is 1. The van der Waals surface area contributed by atoms with Crippen molar-refractivity contribution in [1.29, 1.82) is 0 Å². The summed E-state index contributed by atoms with van der Waals surface area (Å²) >= 11 is 9.18. The fourth-order valence-corrected chi connectivity index (χ4v) is 3.26. The molecule has 0 aliphatic rings. The van der Waals surface area contributed by atoms with Crippen LogP contribution >= 0.6 is 27.5 Å². The van der Waals surface area contributed by atoms with E-state index >= 15 is 0 Å². The summed E-state index contributed by atoms with van der Waals surface area (Å²) in [6.07, 6.45) is 2.22. The molecule has 5 nitrogen and oxygen atoms in total. The maximum Gasteiger partial charge on any atom is 0.240 e. The molecule has 1 aromatic carbocycles. The second kappa shape index (κ2) is 6.91. The minimum Gasteiger partial charge on any atom is -0.268 e. The molecule has 0 spiro atoms. The SMILES string of the molecule is Cc1c(Cl)cnn1CCCNS(=O)(=O)c1ccc(Br)cc1. The van der Waals surface area contributed by atoms with Crippen molar-refractivity contribution in [2.45, 2.75) is 24.8 Å². The van der Waals surface area contributed by atoms with Crippen molar-refractivity contribution in [2.75, 3.05) is 6.54 Å². The highest BCUT2D eigenvalue weighted by molar-refractivity contribution is 9.10. The molecule has 0 saturated carbocycles. The zero-order chi connectivity index (χ0) is 15.5. The second-order valence-electron chi connectivity index (χ2n) is 4.51. The van der Waals surface area contributed by atoms with Crippen LogP contribution in [0.4, 0.5) is 0 Å². The number of rotatable bonds is 6. The monoisotopic (exact) mass is 391 g/mol. The molecule has 114 valence electrons. The summed E-state index contributed by atoms with van der Waals surface area (Å²) in [7, 11) is -3.46. The van der Waals surface area contributed by atoms with Gasteiger partial charge in [0.25, 0.3) is 0 Å². The van der Waals surface area contributed by atoms with E-state index in [0.29, 0.717) is 24.5 Å². The molecule has 2 rings (SSSR count). The molecule has 1 N–H and O–H groups in total. The lowest BCUT2D eigenvalue weighted by Crippen LogP contribution is -2.25. The first kappa shape index (κ1) is 16.5. The van der Waals surface area contributed by atoms with Crippen molar-refractivity contribution in [1.82, 2.24) is 14.5 Å². The van der Waals surface area contributed by atoms with Gasteiger partial charge in [0, 0.05) is 17.6 Å². The molecule has 2 aromatic rings. The van der Waals surface area contributed by atoms with E-state index in [-0.39, 0.29) is 4.90 Å². The van der Waals surface area contributed by atoms with Gasteiger partial charge in [-0.2, -0.15) is 5.10 Å². The van der Waals surface area contributed by atoms with Crippen LogP contribution in [0.25, 0.3) is 0 Å². The number of aryl methyl sites for hydroxylation is 1. The van der Waals surface area contributed by atoms with Crippen LogP contribution < -0.4 is 4.72 Å². The number of hydrogen-bond acceptors (Lipinski definition) is 3. The Morgan fingerprint density at radius 3 is 2.57 bits per heavy atom. The van der Waals surface area contributed by atoms with Crippen LogP contribution in [-0.4, -0.2) is 24.7 Å². The molecule has 1 aromatic heterocycles. The fraction of sp³-hybridized carbons (Fsp3) is 0.308. The van der Waals surface area contributed by atoms with E-state index in [1.165, 1.54) is 0 Å². The molecular weight excluding hydrogens is 378 g/mol. The highest BCUT2D eigenvalue weighted by Gasteiger charge is 2.13. The summed E-state index contributed by atoms with van der Waals surface area (Å²) in [5, 5.41) is 4.74. The first-order valence-corrected chi connectivity index (χ1v) is 8.99. The van der Waals surface area contributed by atoms with Gasteiger partial charge in [-0.15, -0.1) is 0 Å². The quantitative estimate of drug-likeness (QED) is 0.769. The Morgan fingerprint density at radius 2 is 2.00 bits per heavy atom. The first-order valence-electron chi connectivity index (χ1n) is 6.33. The van der Waals surface area contributed by atoms with Gasteiger partial charge < -0.3 is 0 Å². The van der Waals surface area contributed by atoms with Crippen LogP contribution in [0.15, 0.2) is 39.8 Å². The van der Waals surface area contributed by atoms with E-state index in [0.717, 1.165) is 10.2 Å². The number of aromatic nitrogens is 2. The van der Waals surface area contributed by atoms with Crippen molar-refractivity contribution in [3.05, 3.63) is 45.7 Å². The lowest BCUT2D eigenvalue weighted by atomic mass is 10.4. The van der Waals surface area contributed by atoms with Crippen LogP contribution in [0.1, 0.15) is 12.1 Å². The van der Waals surface area contributed by atoms with Crippen molar-refractivity contribution in [2.24, 2.45) is 0 Å². The van der Waals surface area contributed by atoms with Crippen LogP contribution in [0.3, 0.4) is 0 Å². The number of sulfonamides is 1. The van der Waals surface area contributed by atoms with Crippen LogP contribution in [0.2, 0.25) is 5.02 Å². The normalized spacial score (nSPS) is 11.8. The standard InChI is InChI=1S/C13H15BrClN3O2S/c1-10-13(15)9-16-18(10)8-2-7-17-21(19,20)12-5-3-11(14)4-6-12/h3-6,9,17H,2,7-8H2,1H3. The summed E-state index contributed by atoms with van der Waals surface area (Å²) in [5.74, 6) is 0. The smallest absolute Gasteiger partial charge is 0.240 e. The molecule has 0 radical (unpaired) electrons. The zero-order valence-electron chi connectivity index (χ0n) is 11.4. The van der Waals surface area contributed by atoms with Gasteiger partial charge in [0.15, 0.2) is 0 Å². The summed E-state index contributed by atoms with van der Waals surface area (Å²) in [6, 6.07) is 6.51. The molecule has 0 aliphatic carbocycles. The Balaban J connectivity index is 1.88. The van der Waals surface area contributed by atoms with Crippen molar-refractivity contribution in [3.8, 4) is 0 Å². The van der Waals surface area contributed by atoms with E-state index in [4.69, 9.17) is 11.6 Å². The highest BCUT2D eigenvalue weighted by Crippen LogP contribution is 2.15. The Morgan fingerprint density at radius 1 is 1.33 bits per heavy atom. The van der Waals surface area contributed by atoms with E-state index in [1.807, 2.05) is 6.92 Å². The first-order chi connectivity index (χ1) is 9.90. The maximum absolute atomic E-state index is 12.1. The van der Waals surface area contributed by atoms with Gasteiger partial charge in [-0.25, -0.2) is 13.1 Å². The lowest BCUT2D eigenvalue weighted by molar-refractivity contribution is 0.546. The van der Waals surface area contributed by atoms with Gasteiger partial charge in [0.05, 0.1) is 21.8 Å². The number of hydrogen-bond donors (Lipinski definition) is 1. The van der Waals surface area contributed by atoms with Crippen LogP contribution in [0, 0.1) is 6.92 Å². The topological polar surface area (TPSA) is 64.0 Å². The molecule has 0 saturated heterocycles. The summed E-state index contributed by atoms with van der Waals surface area (Å²) in [5.41, 5.74) is 0.882. The largest absolute Gasteiger partial charge is 0.268 e. The minimum atomic E-state index is -3.46. The van der Waals surface area contributed by atoms with E-state index in [1.54, 1.807) is 35.1 Å². The zero-order valence-corrected chi connectivity index (χ0v) is 14.5. The maximum atomic E-state index is 12.1. The molecule has 0 fully saturated rings. The Hall–Kier alpha value is -0.890. The third kappa shape index (κ3) is 4.29. The molecule has 0 unspecified atom stereocenters. The third-order valence-electron chi connectivity index (χ3n) is 3.01. The predicted molar refractivity (Wildman–Crippen MR) is 85.9 cm³/mol. The summed E-state index contributed by atoms with van der Waals surface area (Å²) in [4.78, 5) is 0.254. The van der Waals surface area contributed by atoms with Gasteiger partial charge in [-0.3, -0.25) is 4.68 Å². The van der Waals surface area contributed by atoms with Gasteiger partial charge in [-0.05, 0) is 37.6 Å². The van der Waals surface area contributed by atoms with E-state index < -0.39 is 10.0 Å². The van der Waals surface area contributed by atoms with E-state index in [2.05, 4.69) is 25.8 Å². The van der Waals surface area contributed by atoms with Gasteiger partial charge in [0.1, 0.15) is 0 Å². The Bertz CT molecular complexity index is 714. The van der Waals surface area contributed by atoms with Crippen molar-refractivity contribution < 1.29 is 8.42 Å². The molecule has 8 heteroatoms. The summed E-state index contributed by atoms with van der Waals surface area (Å²) in [6.45, 7) is 2.83. The average molecular weight is 393 g/mol. The predicted octanol–water partition coefficient (Wildman–Crippen LogP) is 2.98. The minimum absolute atomic E-state index is 0.254. The highest BCUT2D eigenvalue weighted by atomic mass is 79.9. The molecule has 0 aliphatic heterocycles. The second-order valence-corrected chi connectivity index (χ2v) is 7.60. The number of nitrogens with zero attached hydrogens (tertiary/aromatic N) is 2. The molecule has 0 amide bonds. The van der Waals surface area contributed by atoms with Crippen LogP contribution in [-0.2, 0) is 16.6 Å².